The lowest BCUT2D eigenvalue weighted by atomic mass is 10.0. The molecule has 1 atom stereocenters. The van der Waals surface area contributed by atoms with Gasteiger partial charge in [0.1, 0.15) is 5.82 Å². The molecular weight excluding hydrogens is 246 g/mol. The van der Waals surface area contributed by atoms with E-state index in [0.29, 0.717) is 6.04 Å². The molecule has 0 bridgehead atoms. The molecule has 3 nitrogen and oxygen atoms in total. The Morgan fingerprint density at radius 1 is 1.20 bits per heavy atom. The third kappa shape index (κ3) is 3.48. The Balaban J connectivity index is 2.22. The number of imidazole rings is 1. The normalized spacial score (nSPS) is 12.6. The van der Waals surface area contributed by atoms with Crippen molar-refractivity contribution in [3.63, 3.8) is 0 Å². The summed E-state index contributed by atoms with van der Waals surface area (Å²) in [6.07, 6.45) is 5.06. The molecule has 108 valence electrons. The lowest BCUT2D eigenvalue weighted by Crippen LogP contribution is -2.26. The highest BCUT2D eigenvalue weighted by Gasteiger charge is 2.13. The van der Waals surface area contributed by atoms with E-state index in [9.17, 15) is 0 Å². The SMILES string of the molecule is CCCNC(Cn1ccnc1C)c1ccc(C)c(C)c1. The van der Waals surface area contributed by atoms with Crippen molar-refractivity contribution in [1.29, 1.82) is 0 Å². The van der Waals surface area contributed by atoms with Gasteiger partial charge < -0.3 is 9.88 Å². The highest BCUT2D eigenvalue weighted by molar-refractivity contribution is 5.31. The number of nitrogens with one attached hydrogen (secondary N) is 1. The molecule has 0 aliphatic carbocycles. The Labute approximate surface area is 122 Å². The molecule has 0 spiro atoms. The molecule has 20 heavy (non-hydrogen) atoms. The van der Waals surface area contributed by atoms with E-state index in [2.05, 4.69) is 67.0 Å². The number of benzene rings is 1. The van der Waals surface area contributed by atoms with Gasteiger partial charge >= 0.3 is 0 Å². The summed E-state index contributed by atoms with van der Waals surface area (Å²) in [5.41, 5.74) is 4.06. The maximum Gasteiger partial charge on any atom is 0.105 e. The highest BCUT2D eigenvalue weighted by atomic mass is 15.1. The van der Waals surface area contributed by atoms with Gasteiger partial charge in [0, 0.05) is 18.9 Å². The Morgan fingerprint density at radius 2 is 2.00 bits per heavy atom. The van der Waals surface area contributed by atoms with Crippen molar-refractivity contribution in [1.82, 2.24) is 14.9 Å². The molecule has 2 aromatic rings. The van der Waals surface area contributed by atoms with Crippen LogP contribution in [0.3, 0.4) is 0 Å². The van der Waals surface area contributed by atoms with Crippen LogP contribution in [-0.4, -0.2) is 16.1 Å². The van der Waals surface area contributed by atoms with Crippen molar-refractivity contribution >= 4 is 0 Å². The third-order valence-electron chi connectivity index (χ3n) is 3.88. The first-order valence-corrected chi connectivity index (χ1v) is 7.40. The summed E-state index contributed by atoms with van der Waals surface area (Å²) in [7, 11) is 0. The Bertz CT molecular complexity index is 557. The van der Waals surface area contributed by atoms with Gasteiger partial charge in [-0.15, -0.1) is 0 Å². The number of nitrogens with zero attached hydrogens (tertiary/aromatic N) is 2. The topological polar surface area (TPSA) is 29.9 Å². The van der Waals surface area contributed by atoms with Gasteiger partial charge in [-0.2, -0.15) is 0 Å². The van der Waals surface area contributed by atoms with Gasteiger partial charge in [0.25, 0.3) is 0 Å². The molecule has 0 saturated heterocycles. The van der Waals surface area contributed by atoms with Gasteiger partial charge in [0.2, 0.25) is 0 Å². The van der Waals surface area contributed by atoms with Crippen LogP contribution in [0.1, 0.15) is 41.9 Å². The quantitative estimate of drug-likeness (QED) is 0.870. The predicted octanol–water partition coefficient (Wildman–Crippen LogP) is 3.55. The molecule has 0 aliphatic heterocycles. The number of hydrogen-bond acceptors (Lipinski definition) is 2. The molecule has 1 N–H and O–H groups in total. The van der Waals surface area contributed by atoms with Crippen molar-refractivity contribution < 1.29 is 0 Å². The van der Waals surface area contributed by atoms with Crippen molar-refractivity contribution in [2.24, 2.45) is 0 Å². The summed E-state index contributed by atoms with van der Waals surface area (Å²) in [5, 5.41) is 3.65. The first-order chi connectivity index (χ1) is 9.61. The summed E-state index contributed by atoms with van der Waals surface area (Å²) in [6.45, 7) is 10.6. The fraction of sp³-hybridized carbons (Fsp3) is 0.471. The zero-order valence-corrected chi connectivity index (χ0v) is 13.0. The minimum absolute atomic E-state index is 0.335. The Morgan fingerprint density at radius 3 is 2.60 bits per heavy atom. The monoisotopic (exact) mass is 271 g/mol. The second-order valence-electron chi connectivity index (χ2n) is 5.48. The van der Waals surface area contributed by atoms with E-state index >= 15 is 0 Å². The third-order valence-corrected chi connectivity index (χ3v) is 3.88. The summed E-state index contributed by atoms with van der Waals surface area (Å²) < 4.78 is 2.21. The molecule has 2 rings (SSSR count). The molecule has 0 radical (unpaired) electrons. The van der Waals surface area contributed by atoms with E-state index in [1.165, 1.54) is 16.7 Å². The number of aryl methyl sites for hydroxylation is 3. The fourth-order valence-corrected chi connectivity index (χ4v) is 2.38. The maximum absolute atomic E-state index is 4.31. The summed E-state index contributed by atoms with van der Waals surface area (Å²) in [5.74, 6) is 1.07. The van der Waals surface area contributed by atoms with E-state index in [4.69, 9.17) is 0 Å². The van der Waals surface area contributed by atoms with Crippen molar-refractivity contribution in [3.05, 3.63) is 53.1 Å². The van der Waals surface area contributed by atoms with E-state index in [0.717, 1.165) is 25.3 Å². The minimum Gasteiger partial charge on any atom is -0.333 e. The van der Waals surface area contributed by atoms with Crippen LogP contribution in [0, 0.1) is 20.8 Å². The summed E-state index contributed by atoms with van der Waals surface area (Å²) in [4.78, 5) is 4.31. The highest BCUT2D eigenvalue weighted by Crippen LogP contribution is 2.19. The Kier molecular flexibility index (Phi) is 4.96. The van der Waals surface area contributed by atoms with Crippen LogP contribution >= 0.6 is 0 Å². The molecular formula is C17H25N3. The summed E-state index contributed by atoms with van der Waals surface area (Å²) in [6, 6.07) is 7.09. The Hall–Kier alpha value is -1.61. The number of rotatable bonds is 6. The van der Waals surface area contributed by atoms with Gasteiger partial charge in [-0.1, -0.05) is 25.1 Å². The molecule has 0 saturated carbocycles. The second-order valence-corrected chi connectivity index (χ2v) is 5.48. The van der Waals surface area contributed by atoms with Gasteiger partial charge in [0.05, 0.1) is 6.04 Å². The van der Waals surface area contributed by atoms with Crippen LogP contribution < -0.4 is 5.32 Å². The van der Waals surface area contributed by atoms with Crippen LogP contribution in [0.4, 0.5) is 0 Å². The molecule has 1 aromatic heterocycles. The van der Waals surface area contributed by atoms with Gasteiger partial charge in [-0.25, -0.2) is 4.98 Å². The molecule has 0 aliphatic rings. The van der Waals surface area contributed by atoms with Crippen LogP contribution in [0.25, 0.3) is 0 Å². The van der Waals surface area contributed by atoms with Crippen molar-refractivity contribution in [2.45, 2.75) is 46.7 Å². The maximum atomic E-state index is 4.31. The average molecular weight is 271 g/mol. The zero-order valence-electron chi connectivity index (χ0n) is 13.0. The smallest absolute Gasteiger partial charge is 0.105 e. The molecule has 1 unspecified atom stereocenters. The van der Waals surface area contributed by atoms with Crippen molar-refractivity contribution in [2.75, 3.05) is 6.54 Å². The van der Waals surface area contributed by atoms with Crippen molar-refractivity contribution in [3.8, 4) is 0 Å². The predicted molar refractivity (Wildman–Crippen MR) is 83.9 cm³/mol. The molecule has 1 heterocycles. The van der Waals surface area contributed by atoms with Crippen LogP contribution in [-0.2, 0) is 6.54 Å². The van der Waals surface area contributed by atoms with Crippen LogP contribution in [0.5, 0.6) is 0 Å². The van der Waals surface area contributed by atoms with E-state index in [1.54, 1.807) is 0 Å². The molecule has 3 heteroatoms. The van der Waals surface area contributed by atoms with Crippen LogP contribution in [0.2, 0.25) is 0 Å². The zero-order chi connectivity index (χ0) is 14.5. The van der Waals surface area contributed by atoms with Crippen LogP contribution in [0.15, 0.2) is 30.6 Å². The lowest BCUT2D eigenvalue weighted by Gasteiger charge is -2.21. The average Bonchev–Trinajstić information content (AvgIpc) is 2.83. The molecule has 1 aromatic carbocycles. The first kappa shape index (κ1) is 14.8. The molecule has 0 fully saturated rings. The second kappa shape index (κ2) is 6.71. The van der Waals surface area contributed by atoms with E-state index in [1.807, 2.05) is 6.20 Å². The lowest BCUT2D eigenvalue weighted by molar-refractivity contribution is 0.458. The number of aromatic nitrogens is 2. The standard InChI is InChI=1S/C17H25N3/c1-5-8-19-17(12-20-10-9-18-15(20)4)16-7-6-13(2)14(3)11-16/h6-7,9-11,17,19H,5,8,12H2,1-4H3. The molecule has 0 amide bonds. The minimum atomic E-state index is 0.335. The number of hydrogen-bond donors (Lipinski definition) is 1. The fourth-order valence-electron chi connectivity index (χ4n) is 2.38. The first-order valence-electron chi connectivity index (χ1n) is 7.40. The van der Waals surface area contributed by atoms with Gasteiger partial charge in [-0.05, 0) is 50.4 Å². The van der Waals surface area contributed by atoms with E-state index < -0.39 is 0 Å². The summed E-state index contributed by atoms with van der Waals surface area (Å²) >= 11 is 0. The van der Waals surface area contributed by atoms with E-state index in [-0.39, 0.29) is 0 Å². The largest absolute Gasteiger partial charge is 0.333 e. The van der Waals surface area contributed by atoms with Gasteiger partial charge in [0.15, 0.2) is 0 Å². The van der Waals surface area contributed by atoms with Gasteiger partial charge in [-0.3, -0.25) is 0 Å².